The molecule has 0 saturated heterocycles. The van der Waals surface area contributed by atoms with Crippen molar-refractivity contribution in [2.75, 3.05) is 38.4 Å². The third-order valence-corrected chi connectivity index (χ3v) is 5.72. The molecular formula is C23H24N2O4S. The zero-order valence-corrected chi connectivity index (χ0v) is 17.7. The van der Waals surface area contributed by atoms with Gasteiger partial charge in [-0.1, -0.05) is 18.2 Å². The van der Waals surface area contributed by atoms with Gasteiger partial charge in [0, 0.05) is 31.0 Å². The lowest BCUT2D eigenvalue weighted by atomic mass is 10.1. The van der Waals surface area contributed by atoms with Crippen LogP contribution >= 0.6 is 11.3 Å². The monoisotopic (exact) mass is 424 g/mol. The first-order valence-corrected chi connectivity index (χ1v) is 10.8. The highest BCUT2D eigenvalue weighted by atomic mass is 32.1. The summed E-state index contributed by atoms with van der Waals surface area (Å²) in [7, 11) is 1.69. The van der Waals surface area contributed by atoms with E-state index in [4.69, 9.17) is 19.2 Å². The van der Waals surface area contributed by atoms with Crippen LogP contribution in [0, 0.1) is 0 Å². The number of amides is 1. The number of hydrogen-bond acceptors (Lipinski definition) is 6. The summed E-state index contributed by atoms with van der Waals surface area (Å²) in [5, 5.41) is 3.07. The highest BCUT2D eigenvalue weighted by Gasteiger charge is 2.26. The third kappa shape index (κ3) is 4.80. The van der Waals surface area contributed by atoms with Gasteiger partial charge >= 0.3 is 0 Å². The zero-order chi connectivity index (χ0) is 20.8. The summed E-state index contributed by atoms with van der Waals surface area (Å²) in [6.45, 7) is 1.82. The number of methoxy groups -OCH3 is 1. The molecule has 0 saturated carbocycles. The molecule has 0 fully saturated rings. The Hall–Kier alpha value is -2.90. The van der Waals surface area contributed by atoms with Crippen LogP contribution in [0.5, 0.6) is 11.5 Å². The summed E-state index contributed by atoms with van der Waals surface area (Å²) in [6.07, 6.45) is 1.52. The van der Waals surface area contributed by atoms with Crippen molar-refractivity contribution >= 4 is 22.9 Å². The van der Waals surface area contributed by atoms with Crippen molar-refractivity contribution < 1.29 is 19.0 Å². The first kappa shape index (κ1) is 20.4. The topological polar surface area (TPSA) is 60.9 Å². The molecule has 1 aromatic heterocycles. The van der Waals surface area contributed by atoms with E-state index in [9.17, 15) is 4.79 Å². The number of para-hydroxylation sites is 1. The fourth-order valence-corrected chi connectivity index (χ4v) is 4.07. The second-order valence-electron chi connectivity index (χ2n) is 6.90. The van der Waals surface area contributed by atoms with Crippen molar-refractivity contribution in [1.82, 2.24) is 4.98 Å². The molecule has 3 aromatic rings. The third-order valence-electron chi connectivity index (χ3n) is 4.81. The van der Waals surface area contributed by atoms with Crippen molar-refractivity contribution in [3.63, 3.8) is 0 Å². The van der Waals surface area contributed by atoms with Crippen molar-refractivity contribution in [1.29, 1.82) is 0 Å². The number of thiazole rings is 1. The van der Waals surface area contributed by atoms with Gasteiger partial charge in [0.2, 0.25) is 0 Å². The number of carbonyl (C=O) groups is 1. The lowest BCUT2D eigenvalue weighted by Crippen LogP contribution is -2.39. The Balaban J connectivity index is 1.45. The standard InChI is InChI=1S/C23H24N2O4S/c1-27-13-10-22-24-19(16-30-22)17-8-9-21-20(14-17)25(23(26)15-29-21)11-5-12-28-18-6-3-2-4-7-18/h2-4,6-9,14,16H,5,10-13,15H2,1H3. The molecule has 0 atom stereocenters. The Labute approximate surface area is 180 Å². The molecule has 2 heterocycles. The van der Waals surface area contributed by atoms with Crippen molar-refractivity contribution in [3.8, 4) is 22.8 Å². The van der Waals surface area contributed by atoms with Gasteiger partial charge < -0.3 is 19.1 Å². The van der Waals surface area contributed by atoms with Crippen LogP contribution in [0.15, 0.2) is 53.9 Å². The summed E-state index contributed by atoms with van der Waals surface area (Å²) >= 11 is 1.62. The lowest BCUT2D eigenvalue weighted by Gasteiger charge is -2.29. The molecule has 30 heavy (non-hydrogen) atoms. The number of benzene rings is 2. The van der Waals surface area contributed by atoms with Gasteiger partial charge in [0.15, 0.2) is 6.61 Å². The molecule has 0 bridgehead atoms. The van der Waals surface area contributed by atoms with Gasteiger partial charge in [-0.05, 0) is 36.8 Å². The van der Waals surface area contributed by atoms with E-state index in [2.05, 4.69) is 0 Å². The maximum Gasteiger partial charge on any atom is 0.265 e. The van der Waals surface area contributed by atoms with Gasteiger partial charge in [0.25, 0.3) is 5.91 Å². The highest BCUT2D eigenvalue weighted by molar-refractivity contribution is 7.09. The first-order chi connectivity index (χ1) is 14.7. The van der Waals surface area contributed by atoms with Crippen LogP contribution in [0.25, 0.3) is 11.3 Å². The molecular weight excluding hydrogens is 400 g/mol. The number of rotatable bonds is 9. The molecule has 0 N–H and O–H groups in total. The minimum Gasteiger partial charge on any atom is -0.494 e. The van der Waals surface area contributed by atoms with Gasteiger partial charge in [-0.15, -0.1) is 11.3 Å². The van der Waals surface area contributed by atoms with Crippen molar-refractivity contribution in [2.45, 2.75) is 12.8 Å². The molecule has 6 nitrogen and oxygen atoms in total. The van der Waals surface area contributed by atoms with Crippen LogP contribution in [0.3, 0.4) is 0 Å². The van der Waals surface area contributed by atoms with Crippen LogP contribution in [-0.4, -0.2) is 44.4 Å². The maximum atomic E-state index is 12.5. The first-order valence-electron chi connectivity index (χ1n) is 9.93. The van der Waals surface area contributed by atoms with Crippen LogP contribution in [0.2, 0.25) is 0 Å². The Bertz CT molecular complexity index is 990. The number of fused-ring (bicyclic) bond motifs is 1. The van der Waals surface area contributed by atoms with E-state index in [1.807, 2.05) is 53.9 Å². The molecule has 1 aliphatic rings. The normalized spacial score (nSPS) is 13.1. The molecule has 0 unspecified atom stereocenters. The number of ether oxygens (including phenoxy) is 3. The minimum absolute atomic E-state index is 0.0431. The number of hydrogen-bond donors (Lipinski definition) is 0. The van der Waals surface area contributed by atoms with Gasteiger partial charge in [0.1, 0.15) is 11.5 Å². The van der Waals surface area contributed by atoms with E-state index in [0.29, 0.717) is 19.8 Å². The maximum absolute atomic E-state index is 12.5. The molecule has 0 radical (unpaired) electrons. The molecule has 1 aliphatic heterocycles. The smallest absolute Gasteiger partial charge is 0.265 e. The molecule has 156 valence electrons. The summed E-state index contributed by atoms with van der Waals surface area (Å²) in [5.74, 6) is 1.51. The average molecular weight is 425 g/mol. The fourth-order valence-electron chi connectivity index (χ4n) is 3.28. The van der Waals surface area contributed by atoms with E-state index in [1.54, 1.807) is 23.3 Å². The largest absolute Gasteiger partial charge is 0.494 e. The fraction of sp³-hybridized carbons (Fsp3) is 0.304. The van der Waals surface area contributed by atoms with Gasteiger partial charge in [-0.3, -0.25) is 4.79 Å². The second-order valence-corrected chi connectivity index (χ2v) is 7.84. The Morgan fingerprint density at radius 3 is 2.87 bits per heavy atom. The highest BCUT2D eigenvalue weighted by Crippen LogP contribution is 2.36. The summed E-state index contributed by atoms with van der Waals surface area (Å²) in [4.78, 5) is 19.0. The number of aromatic nitrogens is 1. The second kappa shape index (κ2) is 9.73. The van der Waals surface area contributed by atoms with Crippen LogP contribution in [0.4, 0.5) is 5.69 Å². The molecule has 7 heteroatoms. The summed E-state index contributed by atoms with van der Waals surface area (Å²) < 4.78 is 16.5. The number of anilines is 1. The van der Waals surface area contributed by atoms with E-state index < -0.39 is 0 Å². The molecule has 2 aromatic carbocycles. The number of carbonyl (C=O) groups excluding carboxylic acids is 1. The molecule has 0 spiro atoms. The summed E-state index contributed by atoms with van der Waals surface area (Å²) in [5.41, 5.74) is 2.66. The van der Waals surface area contributed by atoms with Crippen LogP contribution < -0.4 is 14.4 Å². The Kier molecular flexibility index (Phi) is 6.61. The van der Waals surface area contributed by atoms with E-state index in [-0.39, 0.29) is 12.5 Å². The van der Waals surface area contributed by atoms with Crippen LogP contribution in [-0.2, 0) is 16.0 Å². The van der Waals surface area contributed by atoms with E-state index in [0.717, 1.165) is 46.3 Å². The van der Waals surface area contributed by atoms with Crippen molar-refractivity contribution in [3.05, 3.63) is 58.9 Å². The molecule has 0 aliphatic carbocycles. The lowest BCUT2D eigenvalue weighted by molar-refractivity contribution is -0.121. The van der Waals surface area contributed by atoms with E-state index in [1.165, 1.54) is 0 Å². The Morgan fingerprint density at radius 1 is 1.17 bits per heavy atom. The van der Waals surface area contributed by atoms with Crippen LogP contribution in [0.1, 0.15) is 11.4 Å². The van der Waals surface area contributed by atoms with Gasteiger partial charge in [0.05, 0.1) is 29.6 Å². The predicted molar refractivity (Wildman–Crippen MR) is 118 cm³/mol. The quantitative estimate of drug-likeness (QED) is 0.482. The van der Waals surface area contributed by atoms with E-state index >= 15 is 0 Å². The minimum atomic E-state index is -0.0431. The van der Waals surface area contributed by atoms with Gasteiger partial charge in [-0.2, -0.15) is 0 Å². The average Bonchev–Trinajstić information content (AvgIpc) is 3.26. The summed E-state index contributed by atoms with van der Waals surface area (Å²) in [6, 6.07) is 15.6. The molecule has 1 amide bonds. The van der Waals surface area contributed by atoms with Crippen molar-refractivity contribution in [2.24, 2.45) is 0 Å². The SMILES string of the molecule is COCCc1nc(-c2ccc3c(c2)N(CCCOc2ccccc2)C(=O)CO3)cs1. The Morgan fingerprint density at radius 2 is 2.03 bits per heavy atom. The predicted octanol–water partition coefficient (Wildman–Crippen LogP) is 4.19. The number of nitrogens with zero attached hydrogens (tertiary/aromatic N) is 2. The molecule has 4 rings (SSSR count). The van der Waals surface area contributed by atoms with Gasteiger partial charge in [-0.25, -0.2) is 4.98 Å². The zero-order valence-electron chi connectivity index (χ0n) is 16.9.